The summed E-state index contributed by atoms with van der Waals surface area (Å²) in [4.78, 5) is 5.33. The second-order valence-electron chi connectivity index (χ2n) is 5.16. The molecule has 0 radical (unpaired) electrons. The van der Waals surface area contributed by atoms with Gasteiger partial charge in [-0.3, -0.25) is 5.41 Å². The van der Waals surface area contributed by atoms with E-state index in [2.05, 4.69) is 31.8 Å². The van der Waals surface area contributed by atoms with Crippen LogP contribution in [-0.2, 0) is 13.0 Å². The van der Waals surface area contributed by atoms with Crippen molar-refractivity contribution in [3.05, 3.63) is 44.9 Å². The van der Waals surface area contributed by atoms with Crippen LogP contribution in [0.15, 0.2) is 18.2 Å². The highest BCUT2D eigenvalue weighted by Gasteiger charge is 2.13. The number of nitrogens with two attached hydrogens (primary N) is 1. The number of aryl methyl sites for hydroxylation is 3. The number of rotatable bonds is 6. The molecule has 0 bridgehead atoms. The van der Waals surface area contributed by atoms with Crippen molar-refractivity contribution < 1.29 is 4.74 Å². The minimum Gasteiger partial charge on any atom is -0.486 e. The van der Waals surface area contributed by atoms with Crippen LogP contribution in [0.4, 0.5) is 0 Å². The molecule has 1 heterocycles. The van der Waals surface area contributed by atoms with Gasteiger partial charge in [0.25, 0.3) is 0 Å². The third-order valence-corrected chi connectivity index (χ3v) is 4.14. The number of aromatic nitrogens is 1. The summed E-state index contributed by atoms with van der Waals surface area (Å²) in [6, 6.07) is 6.14. The molecule has 0 saturated heterocycles. The van der Waals surface area contributed by atoms with Gasteiger partial charge in [-0.2, -0.15) is 0 Å². The maximum Gasteiger partial charge on any atom is 0.140 e. The molecule has 0 unspecified atom stereocenters. The summed E-state index contributed by atoms with van der Waals surface area (Å²) in [5.41, 5.74) is 8.89. The monoisotopic (exact) mass is 303 g/mol. The van der Waals surface area contributed by atoms with Gasteiger partial charge in [0.15, 0.2) is 0 Å². The summed E-state index contributed by atoms with van der Waals surface area (Å²) in [6.45, 7) is 6.61. The van der Waals surface area contributed by atoms with Gasteiger partial charge in [0.2, 0.25) is 0 Å². The molecule has 4 nitrogen and oxygen atoms in total. The predicted octanol–water partition coefficient (Wildman–Crippen LogP) is 3.58. The fraction of sp³-hybridized carbons (Fsp3) is 0.375. The molecule has 1 aromatic heterocycles. The lowest BCUT2D eigenvalue weighted by molar-refractivity contribution is 0.305. The van der Waals surface area contributed by atoms with Gasteiger partial charge >= 0.3 is 0 Å². The maximum atomic E-state index is 7.63. The number of ether oxygens (including phenoxy) is 1. The van der Waals surface area contributed by atoms with Crippen LogP contribution in [0, 0.1) is 19.3 Å². The molecular formula is C16H21N3OS. The average Bonchev–Trinajstić information content (AvgIpc) is 2.79. The van der Waals surface area contributed by atoms with Gasteiger partial charge in [-0.15, -0.1) is 11.3 Å². The fourth-order valence-corrected chi connectivity index (χ4v) is 3.13. The van der Waals surface area contributed by atoms with Crippen LogP contribution in [0.25, 0.3) is 0 Å². The SMILES string of the molecule is CCCc1nc(COc2cc(C)cc(C)c2)sc1C(=N)N. The Morgan fingerprint density at radius 1 is 1.29 bits per heavy atom. The smallest absolute Gasteiger partial charge is 0.140 e. The Labute approximate surface area is 129 Å². The quantitative estimate of drug-likeness (QED) is 0.633. The molecule has 0 aliphatic heterocycles. The summed E-state index contributed by atoms with van der Waals surface area (Å²) >= 11 is 1.45. The number of hydrogen-bond acceptors (Lipinski definition) is 4. The Morgan fingerprint density at radius 3 is 2.52 bits per heavy atom. The highest BCUT2D eigenvalue weighted by molar-refractivity contribution is 7.13. The highest BCUT2D eigenvalue weighted by Crippen LogP contribution is 2.22. The molecule has 0 spiro atoms. The lowest BCUT2D eigenvalue weighted by Gasteiger charge is -2.06. The van der Waals surface area contributed by atoms with E-state index in [9.17, 15) is 0 Å². The van der Waals surface area contributed by atoms with E-state index in [0.717, 1.165) is 34.2 Å². The Morgan fingerprint density at radius 2 is 1.95 bits per heavy atom. The molecule has 112 valence electrons. The minimum absolute atomic E-state index is 0.0913. The minimum atomic E-state index is 0.0913. The van der Waals surface area contributed by atoms with Crippen molar-refractivity contribution in [2.45, 2.75) is 40.2 Å². The molecule has 2 rings (SSSR count). The lowest BCUT2D eigenvalue weighted by atomic mass is 10.1. The largest absolute Gasteiger partial charge is 0.486 e. The lowest BCUT2D eigenvalue weighted by Crippen LogP contribution is -2.11. The summed E-state index contributed by atoms with van der Waals surface area (Å²) in [6.07, 6.45) is 1.83. The van der Waals surface area contributed by atoms with Gasteiger partial charge in [0.1, 0.15) is 23.2 Å². The van der Waals surface area contributed by atoms with Crippen molar-refractivity contribution in [3.8, 4) is 5.75 Å². The molecule has 21 heavy (non-hydrogen) atoms. The number of nitrogens with one attached hydrogen (secondary N) is 1. The van der Waals surface area contributed by atoms with E-state index in [1.807, 2.05) is 12.1 Å². The van der Waals surface area contributed by atoms with Crippen LogP contribution in [0.3, 0.4) is 0 Å². The fourth-order valence-electron chi connectivity index (χ4n) is 2.24. The Bertz CT molecular complexity index is 629. The second-order valence-corrected chi connectivity index (χ2v) is 6.24. The zero-order chi connectivity index (χ0) is 15.4. The topological polar surface area (TPSA) is 72.0 Å². The molecule has 0 saturated carbocycles. The first-order valence-corrected chi connectivity index (χ1v) is 7.85. The third kappa shape index (κ3) is 4.04. The van der Waals surface area contributed by atoms with E-state index in [1.54, 1.807) is 0 Å². The molecule has 0 amide bonds. The van der Waals surface area contributed by atoms with Crippen LogP contribution >= 0.6 is 11.3 Å². The molecule has 0 aliphatic carbocycles. The van der Waals surface area contributed by atoms with E-state index < -0.39 is 0 Å². The normalized spacial score (nSPS) is 10.6. The van der Waals surface area contributed by atoms with Crippen LogP contribution in [-0.4, -0.2) is 10.8 Å². The number of benzene rings is 1. The first-order valence-electron chi connectivity index (χ1n) is 7.03. The highest BCUT2D eigenvalue weighted by atomic mass is 32.1. The summed E-state index contributed by atoms with van der Waals surface area (Å²) in [5, 5.41) is 8.49. The van der Waals surface area contributed by atoms with Gasteiger partial charge in [0, 0.05) is 0 Å². The molecule has 1 aromatic carbocycles. The molecule has 2 aromatic rings. The molecule has 0 fully saturated rings. The second kappa shape index (κ2) is 6.72. The standard InChI is InChI=1S/C16H21N3OS/c1-4-5-13-15(16(17)18)21-14(19-13)9-20-12-7-10(2)6-11(3)8-12/h6-8H,4-5,9H2,1-3H3,(H3,17,18). The number of thiazole rings is 1. The van der Waals surface area contributed by atoms with Crippen molar-refractivity contribution in [1.82, 2.24) is 4.98 Å². The van der Waals surface area contributed by atoms with E-state index in [1.165, 1.54) is 22.5 Å². The van der Waals surface area contributed by atoms with Gasteiger partial charge in [-0.25, -0.2) is 4.98 Å². The van der Waals surface area contributed by atoms with Crippen LogP contribution in [0.5, 0.6) is 5.75 Å². The number of nitrogen functional groups attached to an aromatic ring is 1. The number of hydrogen-bond donors (Lipinski definition) is 2. The van der Waals surface area contributed by atoms with E-state index in [4.69, 9.17) is 15.9 Å². The van der Waals surface area contributed by atoms with Gasteiger partial charge < -0.3 is 10.5 Å². The zero-order valence-electron chi connectivity index (χ0n) is 12.7. The summed E-state index contributed by atoms with van der Waals surface area (Å²) < 4.78 is 5.82. The summed E-state index contributed by atoms with van der Waals surface area (Å²) in [5.74, 6) is 0.942. The first-order chi connectivity index (χ1) is 9.99. The zero-order valence-corrected chi connectivity index (χ0v) is 13.5. The average molecular weight is 303 g/mol. The summed E-state index contributed by atoms with van der Waals surface area (Å²) in [7, 11) is 0. The molecular weight excluding hydrogens is 282 g/mol. The van der Waals surface area contributed by atoms with Crippen LogP contribution in [0.1, 0.15) is 40.1 Å². The molecule has 0 atom stereocenters. The van der Waals surface area contributed by atoms with Crippen molar-refractivity contribution in [2.75, 3.05) is 0 Å². The predicted molar refractivity (Wildman–Crippen MR) is 87.4 cm³/mol. The van der Waals surface area contributed by atoms with Crippen LogP contribution < -0.4 is 10.5 Å². The molecule has 5 heteroatoms. The first kappa shape index (κ1) is 15.5. The molecule has 0 aliphatic rings. The third-order valence-electron chi connectivity index (χ3n) is 3.03. The van der Waals surface area contributed by atoms with Crippen molar-refractivity contribution in [2.24, 2.45) is 5.73 Å². The van der Waals surface area contributed by atoms with Crippen molar-refractivity contribution >= 4 is 17.2 Å². The van der Waals surface area contributed by atoms with E-state index in [0.29, 0.717) is 6.61 Å². The maximum absolute atomic E-state index is 7.63. The van der Waals surface area contributed by atoms with Crippen LogP contribution in [0.2, 0.25) is 0 Å². The Kier molecular flexibility index (Phi) is 4.96. The van der Waals surface area contributed by atoms with E-state index >= 15 is 0 Å². The Hall–Kier alpha value is -1.88. The van der Waals surface area contributed by atoms with Crippen molar-refractivity contribution in [3.63, 3.8) is 0 Å². The Balaban J connectivity index is 2.12. The number of nitrogens with zero attached hydrogens (tertiary/aromatic N) is 1. The van der Waals surface area contributed by atoms with Gasteiger partial charge in [0.05, 0.1) is 10.6 Å². The molecule has 3 N–H and O–H groups in total. The van der Waals surface area contributed by atoms with E-state index in [-0.39, 0.29) is 5.84 Å². The van der Waals surface area contributed by atoms with Gasteiger partial charge in [-0.05, 0) is 43.5 Å². The number of amidine groups is 1. The van der Waals surface area contributed by atoms with Gasteiger partial charge in [-0.1, -0.05) is 19.4 Å². The van der Waals surface area contributed by atoms with Crippen molar-refractivity contribution in [1.29, 1.82) is 5.41 Å².